The number of aryl methyl sites for hydroxylation is 1. The molecule has 1 saturated heterocycles. The highest BCUT2D eigenvalue weighted by Crippen LogP contribution is 2.24. The van der Waals surface area contributed by atoms with Gasteiger partial charge in [0.1, 0.15) is 11.8 Å². The van der Waals surface area contributed by atoms with Gasteiger partial charge in [-0.3, -0.25) is 9.59 Å². The molecule has 29 heavy (non-hydrogen) atoms. The van der Waals surface area contributed by atoms with Gasteiger partial charge in [-0.05, 0) is 49.0 Å². The van der Waals surface area contributed by atoms with Gasteiger partial charge < -0.3 is 25.6 Å². The highest BCUT2D eigenvalue weighted by Gasteiger charge is 2.33. The number of benzene rings is 2. The highest BCUT2D eigenvalue weighted by molar-refractivity contribution is 7.80. The van der Waals surface area contributed by atoms with Gasteiger partial charge in [-0.15, -0.1) is 0 Å². The van der Waals surface area contributed by atoms with Crippen molar-refractivity contribution in [3.05, 3.63) is 54.1 Å². The van der Waals surface area contributed by atoms with Crippen molar-refractivity contribution >= 4 is 40.5 Å². The lowest BCUT2D eigenvalue weighted by Crippen LogP contribution is -2.58. The van der Waals surface area contributed by atoms with Crippen LogP contribution in [0.25, 0.3) is 0 Å². The van der Waals surface area contributed by atoms with Gasteiger partial charge in [0.2, 0.25) is 11.8 Å². The zero-order chi connectivity index (χ0) is 20.8. The monoisotopic (exact) mass is 412 g/mol. The fourth-order valence-electron chi connectivity index (χ4n) is 3.21. The van der Waals surface area contributed by atoms with Crippen LogP contribution in [-0.4, -0.2) is 48.1 Å². The second-order valence-corrected chi connectivity index (χ2v) is 7.14. The van der Waals surface area contributed by atoms with E-state index in [1.807, 2.05) is 55.5 Å². The summed E-state index contributed by atoms with van der Waals surface area (Å²) in [5.41, 5.74) is 2.45. The van der Waals surface area contributed by atoms with Crippen LogP contribution in [0.3, 0.4) is 0 Å². The molecular weight excluding hydrogens is 388 g/mol. The molecule has 1 atom stereocenters. The summed E-state index contributed by atoms with van der Waals surface area (Å²) < 4.78 is 5.34. The number of methoxy groups -OCH3 is 1. The Labute approximate surface area is 175 Å². The van der Waals surface area contributed by atoms with E-state index >= 15 is 0 Å². The summed E-state index contributed by atoms with van der Waals surface area (Å²) in [5, 5.41) is 9.16. The molecule has 2 amide bonds. The number of ether oxygens (including phenoxy) is 1. The number of carbonyl (C=O) groups excluding carboxylic acids is 2. The summed E-state index contributed by atoms with van der Waals surface area (Å²) in [6.07, 6.45) is -0.00643. The smallest absolute Gasteiger partial charge is 0.243 e. The minimum atomic E-state index is -0.691. The summed E-state index contributed by atoms with van der Waals surface area (Å²) in [5.74, 6) is 0.174. The first-order chi connectivity index (χ1) is 14.0. The summed E-state index contributed by atoms with van der Waals surface area (Å²) >= 11 is 5.54. The predicted molar refractivity (Wildman–Crippen MR) is 117 cm³/mol. The SMILES string of the molecule is COc1ccccc1NC(=S)N1CCNC(=O)[C@H]1CC(=O)Nc1cccc(C)c1. The number of hydrogen-bond acceptors (Lipinski definition) is 4. The van der Waals surface area contributed by atoms with E-state index in [2.05, 4.69) is 16.0 Å². The molecule has 2 aromatic rings. The summed E-state index contributed by atoms with van der Waals surface area (Å²) in [6, 6.07) is 14.2. The lowest BCUT2D eigenvalue weighted by atomic mass is 10.1. The first-order valence-electron chi connectivity index (χ1n) is 9.33. The molecule has 7 nitrogen and oxygen atoms in total. The van der Waals surface area contributed by atoms with E-state index in [1.54, 1.807) is 12.0 Å². The van der Waals surface area contributed by atoms with Crippen molar-refractivity contribution in [1.82, 2.24) is 10.2 Å². The van der Waals surface area contributed by atoms with E-state index in [4.69, 9.17) is 17.0 Å². The number of nitrogens with one attached hydrogen (secondary N) is 3. The van der Waals surface area contributed by atoms with Gasteiger partial charge in [0.05, 0.1) is 19.2 Å². The number of rotatable bonds is 5. The quantitative estimate of drug-likeness (QED) is 0.655. The van der Waals surface area contributed by atoms with Crippen molar-refractivity contribution in [2.45, 2.75) is 19.4 Å². The average Bonchev–Trinajstić information content (AvgIpc) is 2.70. The van der Waals surface area contributed by atoms with E-state index in [1.165, 1.54) is 0 Å². The van der Waals surface area contributed by atoms with Crippen LogP contribution in [-0.2, 0) is 9.59 Å². The molecule has 0 saturated carbocycles. The van der Waals surface area contributed by atoms with Crippen LogP contribution >= 0.6 is 12.2 Å². The van der Waals surface area contributed by atoms with Gasteiger partial charge in [0.25, 0.3) is 0 Å². The van der Waals surface area contributed by atoms with Crippen LogP contribution in [0.1, 0.15) is 12.0 Å². The standard InChI is InChI=1S/C21H24N4O3S/c1-14-6-5-7-15(12-14)23-19(26)13-17-20(27)22-10-11-25(17)21(29)24-16-8-3-4-9-18(16)28-2/h3-9,12,17H,10-11,13H2,1-2H3,(H,22,27)(H,23,26)(H,24,29)/t17-/m1/s1. The second kappa shape index (κ2) is 9.38. The Balaban J connectivity index is 1.70. The topological polar surface area (TPSA) is 82.7 Å². The van der Waals surface area contributed by atoms with Crippen molar-refractivity contribution in [3.8, 4) is 5.75 Å². The van der Waals surface area contributed by atoms with Gasteiger partial charge in [0.15, 0.2) is 5.11 Å². The molecule has 0 radical (unpaired) electrons. The summed E-state index contributed by atoms with van der Waals surface area (Å²) in [7, 11) is 1.58. The number of nitrogens with zero attached hydrogens (tertiary/aromatic N) is 1. The Morgan fingerprint density at radius 1 is 1.24 bits per heavy atom. The third-order valence-corrected chi connectivity index (χ3v) is 4.96. The Hall–Kier alpha value is -3.13. The molecule has 8 heteroatoms. The number of hydrogen-bond donors (Lipinski definition) is 3. The van der Waals surface area contributed by atoms with E-state index in [-0.39, 0.29) is 18.2 Å². The molecule has 1 aliphatic heterocycles. The maximum atomic E-state index is 12.6. The molecule has 3 rings (SSSR count). The fourth-order valence-corrected chi connectivity index (χ4v) is 3.53. The lowest BCUT2D eigenvalue weighted by molar-refractivity contribution is -0.130. The number of para-hydroxylation sites is 2. The van der Waals surface area contributed by atoms with Crippen LogP contribution in [0.4, 0.5) is 11.4 Å². The Bertz CT molecular complexity index is 918. The molecule has 0 bridgehead atoms. The molecule has 0 aliphatic carbocycles. The van der Waals surface area contributed by atoms with Crippen LogP contribution in [0.15, 0.2) is 48.5 Å². The molecule has 0 aromatic heterocycles. The molecule has 0 unspecified atom stereocenters. The van der Waals surface area contributed by atoms with Crippen LogP contribution in [0.5, 0.6) is 5.75 Å². The maximum absolute atomic E-state index is 12.6. The van der Waals surface area contributed by atoms with E-state index in [9.17, 15) is 9.59 Å². The normalized spacial score (nSPS) is 16.0. The molecule has 3 N–H and O–H groups in total. The van der Waals surface area contributed by atoms with Crippen molar-refractivity contribution < 1.29 is 14.3 Å². The fraction of sp³-hybridized carbons (Fsp3) is 0.286. The molecule has 2 aromatic carbocycles. The van der Waals surface area contributed by atoms with Crippen LogP contribution in [0.2, 0.25) is 0 Å². The first-order valence-corrected chi connectivity index (χ1v) is 9.73. The van der Waals surface area contributed by atoms with Crippen molar-refractivity contribution in [3.63, 3.8) is 0 Å². The third kappa shape index (κ3) is 5.23. The van der Waals surface area contributed by atoms with Crippen molar-refractivity contribution in [1.29, 1.82) is 0 Å². The number of thiocarbonyl (C=S) groups is 1. The van der Waals surface area contributed by atoms with Crippen LogP contribution in [0, 0.1) is 6.92 Å². The average molecular weight is 413 g/mol. The van der Waals surface area contributed by atoms with Gasteiger partial charge in [-0.1, -0.05) is 24.3 Å². The van der Waals surface area contributed by atoms with Gasteiger partial charge in [0, 0.05) is 18.8 Å². The largest absolute Gasteiger partial charge is 0.495 e. The van der Waals surface area contributed by atoms with Gasteiger partial charge in [-0.2, -0.15) is 0 Å². The molecule has 1 aliphatic rings. The Morgan fingerprint density at radius 3 is 2.79 bits per heavy atom. The maximum Gasteiger partial charge on any atom is 0.243 e. The van der Waals surface area contributed by atoms with E-state index < -0.39 is 6.04 Å². The minimum Gasteiger partial charge on any atom is -0.495 e. The van der Waals surface area contributed by atoms with Crippen molar-refractivity contribution in [2.75, 3.05) is 30.8 Å². The number of amides is 2. The number of carbonyl (C=O) groups is 2. The second-order valence-electron chi connectivity index (χ2n) is 6.75. The zero-order valence-corrected chi connectivity index (χ0v) is 17.2. The lowest BCUT2D eigenvalue weighted by Gasteiger charge is -2.36. The summed E-state index contributed by atoms with van der Waals surface area (Å²) in [4.78, 5) is 26.8. The molecule has 0 spiro atoms. The highest BCUT2D eigenvalue weighted by atomic mass is 32.1. The van der Waals surface area contributed by atoms with Gasteiger partial charge >= 0.3 is 0 Å². The first kappa shape index (κ1) is 20.6. The molecular formula is C21H24N4O3S. The van der Waals surface area contributed by atoms with Gasteiger partial charge in [-0.25, -0.2) is 0 Å². The number of piperazine rings is 1. The van der Waals surface area contributed by atoms with E-state index in [0.29, 0.717) is 35.3 Å². The van der Waals surface area contributed by atoms with E-state index in [0.717, 1.165) is 5.56 Å². The summed E-state index contributed by atoms with van der Waals surface area (Å²) in [6.45, 7) is 2.92. The molecule has 1 fully saturated rings. The Morgan fingerprint density at radius 2 is 2.03 bits per heavy atom. The van der Waals surface area contributed by atoms with Crippen molar-refractivity contribution in [2.24, 2.45) is 0 Å². The zero-order valence-electron chi connectivity index (χ0n) is 16.4. The molecule has 152 valence electrons. The predicted octanol–water partition coefficient (Wildman–Crippen LogP) is 2.53. The molecule has 1 heterocycles. The third-order valence-electron chi connectivity index (χ3n) is 4.62. The number of anilines is 2. The minimum absolute atomic E-state index is 0.00643. The van der Waals surface area contributed by atoms with Crippen LogP contribution < -0.4 is 20.7 Å². The Kier molecular flexibility index (Phi) is 6.66.